The number of aryl methyl sites for hydroxylation is 4. The van der Waals surface area contributed by atoms with Gasteiger partial charge in [-0.25, -0.2) is 4.98 Å². The van der Waals surface area contributed by atoms with Crippen LogP contribution in [0.5, 0.6) is 0 Å². The summed E-state index contributed by atoms with van der Waals surface area (Å²) in [4.78, 5) is 5.15. The van der Waals surface area contributed by atoms with Crippen molar-refractivity contribution in [3.8, 4) is 0 Å². The standard InChI is InChI=1S/C37H64N2/c1-3-5-7-9-11-13-15-17-19-21-26-33-39-34-36(31-27-30-35-28-23-22-24-29-35)38-37(39)32-25-20-18-16-14-12-10-8-6-4-2/h22-24,28-29,34H,3-21,25-27,30-33H2,1-2H3. The lowest BCUT2D eigenvalue weighted by Gasteiger charge is -2.08. The number of rotatable bonds is 27. The van der Waals surface area contributed by atoms with Gasteiger partial charge in [0.25, 0.3) is 0 Å². The van der Waals surface area contributed by atoms with Gasteiger partial charge in [-0.15, -0.1) is 0 Å². The second-order valence-corrected chi connectivity index (χ2v) is 12.1. The van der Waals surface area contributed by atoms with Crippen LogP contribution in [-0.4, -0.2) is 9.55 Å². The maximum absolute atomic E-state index is 5.15. The van der Waals surface area contributed by atoms with Crippen LogP contribution >= 0.6 is 0 Å². The van der Waals surface area contributed by atoms with Gasteiger partial charge < -0.3 is 4.57 Å². The lowest BCUT2D eigenvalue weighted by Crippen LogP contribution is -2.03. The van der Waals surface area contributed by atoms with Crippen molar-refractivity contribution >= 4 is 0 Å². The Kier molecular flexibility index (Phi) is 20.9. The first-order valence-electron chi connectivity index (χ1n) is 17.4. The molecule has 0 bridgehead atoms. The highest BCUT2D eigenvalue weighted by atomic mass is 15.1. The van der Waals surface area contributed by atoms with Crippen molar-refractivity contribution in [2.75, 3.05) is 0 Å². The Labute approximate surface area is 243 Å². The van der Waals surface area contributed by atoms with Gasteiger partial charge >= 0.3 is 0 Å². The molecule has 39 heavy (non-hydrogen) atoms. The van der Waals surface area contributed by atoms with E-state index in [0.717, 1.165) is 25.8 Å². The molecule has 0 fully saturated rings. The zero-order valence-electron chi connectivity index (χ0n) is 26.2. The fourth-order valence-corrected chi connectivity index (χ4v) is 5.86. The molecule has 0 aliphatic carbocycles. The van der Waals surface area contributed by atoms with Gasteiger partial charge in [0.05, 0.1) is 5.69 Å². The summed E-state index contributed by atoms with van der Waals surface area (Å²) < 4.78 is 2.53. The summed E-state index contributed by atoms with van der Waals surface area (Å²) in [6.07, 6.45) is 36.5. The van der Waals surface area contributed by atoms with Crippen LogP contribution in [0.1, 0.15) is 172 Å². The molecule has 2 aromatic rings. The summed E-state index contributed by atoms with van der Waals surface area (Å²) in [5.74, 6) is 1.36. The van der Waals surface area contributed by atoms with Crippen LogP contribution in [0.4, 0.5) is 0 Å². The number of nitrogens with zero attached hydrogens (tertiary/aromatic N) is 2. The lowest BCUT2D eigenvalue weighted by atomic mass is 10.1. The summed E-state index contributed by atoms with van der Waals surface area (Å²) >= 11 is 0. The largest absolute Gasteiger partial charge is 0.335 e. The Hall–Kier alpha value is -1.57. The molecule has 0 amide bonds. The van der Waals surface area contributed by atoms with E-state index in [2.05, 4.69) is 54.9 Å². The van der Waals surface area contributed by atoms with E-state index in [1.807, 2.05) is 0 Å². The first-order chi connectivity index (χ1) is 19.3. The maximum atomic E-state index is 5.15. The van der Waals surface area contributed by atoms with Crippen molar-refractivity contribution in [2.45, 2.75) is 181 Å². The van der Waals surface area contributed by atoms with Crippen LogP contribution in [0.3, 0.4) is 0 Å². The molecule has 2 nitrogen and oxygen atoms in total. The molecule has 0 radical (unpaired) electrons. The number of benzene rings is 1. The average Bonchev–Trinajstić information content (AvgIpc) is 3.34. The highest BCUT2D eigenvalue weighted by Crippen LogP contribution is 2.16. The quantitative estimate of drug-likeness (QED) is 0.104. The van der Waals surface area contributed by atoms with Gasteiger partial charge in [-0.1, -0.05) is 166 Å². The Morgan fingerprint density at radius 3 is 1.51 bits per heavy atom. The van der Waals surface area contributed by atoms with Crippen molar-refractivity contribution in [3.05, 3.63) is 53.6 Å². The third kappa shape index (κ3) is 17.7. The predicted molar refractivity (Wildman–Crippen MR) is 173 cm³/mol. The van der Waals surface area contributed by atoms with Crippen molar-refractivity contribution in [2.24, 2.45) is 0 Å². The first kappa shape index (κ1) is 33.6. The van der Waals surface area contributed by atoms with Crippen LogP contribution in [0.25, 0.3) is 0 Å². The second kappa shape index (κ2) is 24.2. The number of hydrogen-bond acceptors (Lipinski definition) is 1. The summed E-state index contributed by atoms with van der Waals surface area (Å²) in [7, 11) is 0. The van der Waals surface area contributed by atoms with Gasteiger partial charge in [-0.3, -0.25) is 0 Å². The third-order valence-electron chi connectivity index (χ3n) is 8.41. The second-order valence-electron chi connectivity index (χ2n) is 12.1. The topological polar surface area (TPSA) is 17.8 Å². The Balaban J connectivity index is 1.67. The van der Waals surface area contributed by atoms with Gasteiger partial charge in [0.1, 0.15) is 5.82 Å². The molecule has 0 aliphatic heterocycles. The van der Waals surface area contributed by atoms with Crippen molar-refractivity contribution < 1.29 is 0 Å². The number of unbranched alkanes of at least 4 members (excludes halogenated alkanes) is 19. The van der Waals surface area contributed by atoms with E-state index < -0.39 is 0 Å². The highest BCUT2D eigenvalue weighted by Gasteiger charge is 2.08. The molecule has 2 heteroatoms. The Morgan fingerprint density at radius 2 is 0.974 bits per heavy atom. The molecule has 1 aromatic carbocycles. The molecule has 0 spiro atoms. The van der Waals surface area contributed by atoms with Gasteiger partial charge in [-0.2, -0.15) is 0 Å². The van der Waals surface area contributed by atoms with E-state index in [9.17, 15) is 0 Å². The number of aromatic nitrogens is 2. The molecule has 2 rings (SSSR count). The van der Waals surface area contributed by atoms with Crippen molar-refractivity contribution in [1.82, 2.24) is 9.55 Å². The van der Waals surface area contributed by atoms with Crippen molar-refractivity contribution in [3.63, 3.8) is 0 Å². The normalized spacial score (nSPS) is 11.4. The van der Waals surface area contributed by atoms with Gasteiger partial charge in [-0.05, 0) is 37.7 Å². The zero-order chi connectivity index (χ0) is 27.6. The summed E-state index contributed by atoms with van der Waals surface area (Å²) in [5, 5.41) is 0. The molecule has 0 aliphatic rings. The molecule has 0 saturated carbocycles. The minimum atomic E-state index is 1.10. The maximum Gasteiger partial charge on any atom is 0.108 e. The molecule has 222 valence electrons. The minimum Gasteiger partial charge on any atom is -0.335 e. The fraction of sp³-hybridized carbons (Fsp3) is 0.757. The summed E-state index contributed by atoms with van der Waals surface area (Å²) in [6, 6.07) is 10.9. The highest BCUT2D eigenvalue weighted by molar-refractivity contribution is 5.15. The van der Waals surface area contributed by atoms with E-state index in [4.69, 9.17) is 4.98 Å². The lowest BCUT2D eigenvalue weighted by molar-refractivity contribution is 0.519. The SMILES string of the molecule is CCCCCCCCCCCCCn1cc(CCCc2ccccc2)nc1CCCCCCCCCCCC. The molecular weight excluding hydrogens is 472 g/mol. The summed E-state index contributed by atoms with van der Waals surface area (Å²) in [6.45, 7) is 5.77. The average molecular weight is 537 g/mol. The molecule has 1 heterocycles. The molecule has 0 unspecified atom stereocenters. The molecule has 0 saturated heterocycles. The Bertz CT molecular complexity index is 778. The minimum absolute atomic E-state index is 1.10. The number of hydrogen-bond donors (Lipinski definition) is 0. The molecule has 0 atom stereocenters. The van der Waals surface area contributed by atoms with Crippen molar-refractivity contribution in [1.29, 1.82) is 0 Å². The summed E-state index contributed by atoms with van der Waals surface area (Å²) in [5.41, 5.74) is 2.76. The molecule has 0 N–H and O–H groups in total. The van der Waals surface area contributed by atoms with E-state index in [1.54, 1.807) is 0 Å². The van der Waals surface area contributed by atoms with Crippen LogP contribution in [-0.2, 0) is 25.8 Å². The van der Waals surface area contributed by atoms with Gasteiger partial charge in [0.2, 0.25) is 0 Å². The molecular formula is C37H64N2. The van der Waals surface area contributed by atoms with Crippen LogP contribution in [0.15, 0.2) is 36.5 Å². The van der Waals surface area contributed by atoms with E-state index in [0.29, 0.717) is 0 Å². The fourth-order valence-electron chi connectivity index (χ4n) is 5.86. The van der Waals surface area contributed by atoms with E-state index in [-0.39, 0.29) is 0 Å². The zero-order valence-corrected chi connectivity index (χ0v) is 26.2. The first-order valence-corrected chi connectivity index (χ1v) is 17.4. The predicted octanol–water partition coefficient (Wildman–Crippen LogP) is 11.8. The third-order valence-corrected chi connectivity index (χ3v) is 8.41. The molecule has 1 aromatic heterocycles. The number of imidazole rings is 1. The monoisotopic (exact) mass is 537 g/mol. The van der Waals surface area contributed by atoms with Crippen LogP contribution < -0.4 is 0 Å². The van der Waals surface area contributed by atoms with Gasteiger partial charge in [0, 0.05) is 19.2 Å². The smallest absolute Gasteiger partial charge is 0.108 e. The Morgan fingerprint density at radius 1 is 0.487 bits per heavy atom. The van der Waals surface area contributed by atoms with Gasteiger partial charge in [0.15, 0.2) is 0 Å². The van der Waals surface area contributed by atoms with Crippen LogP contribution in [0.2, 0.25) is 0 Å². The van der Waals surface area contributed by atoms with E-state index >= 15 is 0 Å². The van der Waals surface area contributed by atoms with E-state index in [1.165, 1.54) is 158 Å². The van der Waals surface area contributed by atoms with Crippen LogP contribution in [0, 0.1) is 0 Å².